The fraction of sp³-hybridized carbons (Fsp3) is 0.368. The second-order valence-electron chi connectivity index (χ2n) is 5.82. The standard InChI is InChI=1S/C19H24N2O/c1-15-7-8-17(16(2)14-15)9-10-19(22)21(3)13-11-18-6-4-5-12-20-18/h4-8,12,14H,9-11,13H2,1-3H3. The molecule has 0 saturated heterocycles. The van der Waals surface area contributed by atoms with Crippen molar-refractivity contribution in [2.45, 2.75) is 33.1 Å². The number of aryl methyl sites for hydroxylation is 3. The lowest BCUT2D eigenvalue weighted by Crippen LogP contribution is -2.29. The van der Waals surface area contributed by atoms with Crippen LogP contribution in [0.2, 0.25) is 0 Å². The van der Waals surface area contributed by atoms with E-state index in [-0.39, 0.29) is 5.91 Å². The van der Waals surface area contributed by atoms with E-state index in [4.69, 9.17) is 0 Å². The summed E-state index contributed by atoms with van der Waals surface area (Å²) in [5.74, 6) is 0.191. The van der Waals surface area contributed by atoms with Crippen molar-refractivity contribution in [3.63, 3.8) is 0 Å². The summed E-state index contributed by atoms with van der Waals surface area (Å²) in [7, 11) is 1.87. The molecule has 3 nitrogen and oxygen atoms in total. The van der Waals surface area contributed by atoms with Crippen molar-refractivity contribution in [1.82, 2.24) is 9.88 Å². The second kappa shape index (κ2) is 7.74. The number of pyridine rings is 1. The van der Waals surface area contributed by atoms with E-state index in [1.165, 1.54) is 16.7 Å². The monoisotopic (exact) mass is 296 g/mol. The Labute approximate surface area is 133 Å². The van der Waals surface area contributed by atoms with Crippen molar-refractivity contribution >= 4 is 5.91 Å². The maximum atomic E-state index is 12.2. The lowest BCUT2D eigenvalue weighted by molar-refractivity contribution is -0.129. The van der Waals surface area contributed by atoms with Gasteiger partial charge in [0.05, 0.1) is 0 Å². The predicted molar refractivity (Wildman–Crippen MR) is 89.8 cm³/mol. The Bertz CT molecular complexity index is 623. The molecular weight excluding hydrogens is 272 g/mol. The normalized spacial score (nSPS) is 10.5. The number of nitrogens with zero attached hydrogens (tertiary/aromatic N) is 2. The summed E-state index contributed by atoms with van der Waals surface area (Å²) in [4.78, 5) is 18.3. The second-order valence-corrected chi connectivity index (χ2v) is 5.82. The van der Waals surface area contributed by atoms with Crippen LogP contribution < -0.4 is 0 Å². The number of amides is 1. The first-order valence-electron chi connectivity index (χ1n) is 7.76. The molecule has 0 bridgehead atoms. The highest BCUT2D eigenvalue weighted by atomic mass is 16.2. The number of benzene rings is 1. The van der Waals surface area contributed by atoms with Gasteiger partial charge < -0.3 is 4.90 Å². The molecule has 0 fully saturated rings. The summed E-state index contributed by atoms with van der Waals surface area (Å²) in [6.45, 7) is 4.91. The third-order valence-corrected chi connectivity index (χ3v) is 3.96. The molecule has 0 aliphatic heterocycles. The Balaban J connectivity index is 1.81. The molecule has 1 aromatic carbocycles. The van der Waals surface area contributed by atoms with Crippen LogP contribution in [0.25, 0.3) is 0 Å². The Kier molecular flexibility index (Phi) is 5.70. The summed E-state index contributed by atoms with van der Waals surface area (Å²) >= 11 is 0. The SMILES string of the molecule is Cc1ccc(CCC(=O)N(C)CCc2ccccn2)c(C)c1. The molecule has 1 aromatic heterocycles. The van der Waals surface area contributed by atoms with Crippen LogP contribution in [-0.4, -0.2) is 29.4 Å². The van der Waals surface area contributed by atoms with Crippen molar-refractivity contribution in [1.29, 1.82) is 0 Å². The van der Waals surface area contributed by atoms with Crippen molar-refractivity contribution < 1.29 is 4.79 Å². The van der Waals surface area contributed by atoms with Crippen molar-refractivity contribution in [3.8, 4) is 0 Å². The summed E-state index contributed by atoms with van der Waals surface area (Å²) in [5, 5.41) is 0. The molecule has 1 amide bonds. The zero-order chi connectivity index (χ0) is 15.9. The maximum Gasteiger partial charge on any atom is 0.222 e. The highest BCUT2D eigenvalue weighted by molar-refractivity contribution is 5.76. The van der Waals surface area contributed by atoms with E-state index in [1.54, 1.807) is 11.1 Å². The number of hydrogen-bond donors (Lipinski definition) is 0. The molecule has 0 aliphatic carbocycles. The van der Waals surface area contributed by atoms with Crippen LogP contribution in [0.5, 0.6) is 0 Å². The molecule has 116 valence electrons. The molecule has 2 aromatic rings. The smallest absolute Gasteiger partial charge is 0.222 e. The zero-order valence-corrected chi connectivity index (χ0v) is 13.7. The molecular formula is C19H24N2O. The van der Waals surface area contributed by atoms with Gasteiger partial charge in [-0.25, -0.2) is 0 Å². The minimum atomic E-state index is 0.191. The quantitative estimate of drug-likeness (QED) is 0.819. The van der Waals surface area contributed by atoms with E-state index in [9.17, 15) is 4.79 Å². The molecule has 0 aliphatic rings. The number of likely N-dealkylation sites (N-methyl/N-ethyl adjacent to an activating group) is 1. The molecule has 0 radical (unpaired) electrons. The molecule has 0 spiro atoms. The molecule has 0 atom stereocenters. The third kappa shape index (κ3) is 4.69. The van der Waals surface area contributed by atoms with E-state index in [2.05, 4.69) is 37.0 Å². The number of carbonyl (C=O) groups excluding carboxylic acids is 1. The Morgan fingerprint density at radius 3 is 2.64 bits per heavy atom. The van der Waals surface area contributed by atoms with E-state index in [0.717, 1.165) is 18.5 Å². The third-order valence-electron chi connectivity index (χ3n) is 3.96. The fourth-order valence-corrected chi connectivity index (χ4v) is 2.51. The summed E-state index contributed by atoms with van der Waals surface area (Å²) in [6, 6.07) is 12.3. The van der Waals surface area contributed by atoms with Crippen molar-refractivity contribution in [2.24, 2.45) is 0 Å². The lowest BCUT2D eigenvalue weighted by atomic mass is 10.0. The van der Waals surface area contributed by atoms with Crippen LogP contribution in [0.3, 0.4) is 0 Å². The van der Waals surface area contributed by atoms with Gasteiger partial charge in [0.1, 0.15) is 0 Å². The minimum Gasteiger partial charge on any atom is -0.345 e. The first-order valence-corrected chi connectivity index (χ1v) is 7.76. The highest BCUT2D eigenvalue weighted by Gasteiger charge is 2.10. The van der Waals surface area contributed by atoms with Gasteiger partial charge in [0.25, 0.3) is 0 Å². The molecule has 0 unspecified atom stereocenters. The molecule has 0 saturated carbocycles. The van der Waals surface area contributed by atoms with Crippen molar-refractivity contribution in [2.75, 3.05) is 13.6 Å². The molecule has 1 heterocycles. The van der Waals surface area contributed by atoms with Gasteiger partial charge in [-0.15, -0.1) is 0 Å². The number of rotatable bonds is 6. The van der Waals surface area contributed by atoms with Gasteiger partial charge >= 0.3 is 0 Å². The first kappa shape index (κ1) is 16.2. The van der Waals surface area contributed by atoms with E-state index >= 15 is 0 Å². The van der Waals surface area contributed by atoms with Crippen LogP contribution in [0.4, 0.5) is 0 Å². The van der Waals surface area contributed by atoms with Crippen LogP contribution in [0.1, 0.15) is 28.8 Å². The van der Waals surface area contributed by atoms with Gasteiger partial charge in [0.2, 0.25) is 5.91 Å². The van der Waals surface area contributed by atoms with Gasteiger partial charge in [-0.2, -0.15) is 0 Å². The maximum absolute atomic E-state index is 12.2. The van der Waals surface area contributed by atoms with Crippen LogP contribution in [0.15, 0.2) is 42.6 Å². The van der Waals surface area contributed by atoms with Gasteiger partial charge in [0.15, 0.2) is 0 Å². The topological polar surface area (TPSA) is 33.2 Å². The minimum absolute atomic E-state index is 0.191. The highest BCUT2D eigenvalue weighted by Crippen LogP contribution is 2.13. The van der Waals surface area contributed by atoms with E-state index in [1.807, 2.05) is 25.2 Å². The van der Waals surface area contributed by atoms with Crippen LogP contribution in [0, 0.1) is 13.8 Å². The van der Waals surface area contributed by atoms with Crippen LogP contribution >= 0.6 is 0 Å². The Morgan fingerprint density at radius 1 is 1.14 bits per heavy atom. The average Bonchev–Trinajstić information content (AvgIpc) is 2.52. The van der Waals surface area contributed by atoms with E-state index < -0.39 is 0 Å². The van der Waals surface area contributed by atoms with Crippen molar-refractivity contribution in [3.05, 3.63) is 65.0 Å². The summed E-state index contributed by atoms with van der Waals surface area (Å²) in [5.41, 5.74) is 4.82. The van der Waals surface area contributed by atoms with Gasteiger partial charge in [-0.05, 0) is 43.5 Å². The largest absolute Gasteiger partial charge is 0.345 e. The predicted octanol–water partition coefficient (Wildman–Crippen LogP) is 3.33. The Morgan fingerprint density at radius 2 is 1.95 bits per heavy atom. The fourth-order valence-electron chi connectivity index (χ4n) is 2.51. The molecule has 3 heteroatoms. The average molecular weight is 296 g/mol. The summed E-state index contributed by atoms with van der Waals surface area (Å²) < 4.78 is 0. The zero-order valence-electron chi connectivity index (χ0n) is 13.7. The number of carbonyl (C=O) groups is 1. The first-order chi connectivity index (χ1) is 10.6. The Hall–Kier alpha value is -2.16. The molecule has 0 N–H and O–H groups in total. The number of hydrogen-bond acceptors (Lipinski definition) is 2. The van der Waals surface area contributed by atoms with Gasteiger partial charge in [-0.1, -0.05) is 29.8 Å². The molecule has 2 rings (SSSR count). The van der Waals surface area contributed by atoms with Crippen LogP contribution in [-0.2, 0) is 17.6 Å². The molecule has 22 heavy (non-hydrogen) atoms. The van der Waals surface area contributed by atoms with Gasteiger partial charge in [-0.3, -0.25) is 9.78 Å². The van der Waals surface area contributed by atoms with E-state index in [0.29, 0.717) is 13.0 Å². The number of aromatic nitrogens is 1. The van der Waals surface area contributed by atoms with Gasteiger partial charge in [0, 0.05) is 38.3 Å². The summed E-state index contributed by atoms with van der Waals surface area (Å²) in [6.07, 6.45) is 3.95. The lowest BCUT2D eigenvalue weighted by Gasteiger charge is -2.17.